The lowest BCUT2D eigenvalue weighted by Gasteiger charge is -2.39. The minimum absolute atomic E-state index is 0.150. The minimum Gasteiger partial charge on any atom is -0.465 e. The van der Waals surface area contributed by atoms with Crippen molar-refractivity contribution in [3.05, 3.63) is 35.4 Å². The van der Waals surface area contributed by atoms with Gasteiger partial charge in [-0.05, 0) is 37.5 Å². The Morgan fingerprint density at radius 3 is 2.33 bits per heavy atom. The third-order valence-corrected chi connectivity index (χ3v) is 4.78. The van der Waals surface area contributed by atoms with Crippen molar-refractivity contribution in [1.82, 2.24) is 20.9 Å². The number of rotatable bonds is 5. The van der Waals surface area contributed by atoms with Crippen molar-refractivity contribution in [3.63, 3.8) is 0 Å². The van der Waals surface area contributed by atoms with Crippen LogP contribution in [-0.4, -0.2) is 55.6 Å². The first kappa shape index (κ1) is 19.1. The van der Waals surface area contributed by atoms with E-state index in [2.05, 4.69) is 20.7 Å². The highest BCUT2D eigenvalue weighted by atomic mass is 16.5. The van der Waals surface area contributed by atoms with Crippen LogP contribution in [0.5, 0.6) is 0 Å². The van der Waals surface area contributed by atoms with Crippen LogP contribution in [0.15, 0.2) is 24.3 Å². The average Bonchev–Trinajstić information content (AvgIpc) is 2.67. The number of imide groups is 1. The second-order valence-electron chi connectivity index (χ2n) is 6.55. The molecule has 146 valence electrons. The molecule has 9 heteroatoms. The SMILES string of the molecule is COC(=O)c1ccc([C@H](C)NC2NC(=O)N(C3CCOCC3)C(=O)N2)cc1. The van der Waals surface area contributed by atoms with Gasteiger partial charge in [-0.3, -0.25) is 5.32 Å². The predicted molar refractivity (Wildman–Crippen MR) is 95.9 cm³/mol. The van der Waals surface area contributed by atoms with E-state index in [-0.39, 0.29) is 12.1 Å². The summed E-state index contributed by atoms with van der Waals surface area (Å²) >= 11 is 0. The molecule has 27 heavy (non-hydrogen) atoms. The Labute approximate surface area is 157 Å². The van der Waals surface area contributed by atoms with Gasteiger partial charge in [0.25, 0.3) is 0 Å². The number of carbonyl (C=O) groups is 3. The van der Waals surface area contributed by atoms with Gasteiger partial charge in [0.15, 0.2) is 6.29 Å². The molecule has 2 saturated heterocycles. The van der Waals surface area contributed by atoms with Crippen LogP contribution in [0.25, 0.3) is 0 Å². The van der Waals surface area contributed by atoms with Crippen molar-refractivity contribution in [2.75, 3.05) is 20.3 Å². The quantitative estimate of drug-likeness (QED) is 0.669. The van der Waals surface area contributed by atoms with Gasteiger partial charge in [0, 0.05) is 25.3 Å². The molecule has 2 heterocycles. The van der Waals surface area contributed by atoms with Gasteiger partial charge in [-0.2, -0.15) is 0 Å². The summed E-state index contributed by atoms with van der Waals surface area (Å²) < 4.78 is 9.96. The average molecular weight is 376 g/mol. The van der Waals surface area contributed by atoms with Gasteiger partial charge in [0.2, 0.25) is 0 Å². The number of hydrogen-bond donors (Lipinski definition) is 3. The Kier molecular flexibility index (Phi) is 5.92. The number of nitrogens with zero attached hydrogens (tertiary/aromatic N) is 1. The van der Waals surface area contributed by atoms with Crippen LogP contribution in [0.2, 0.25) is 0 Å². The Bertz CT molecular complexity index is 684. The summed E-state index contributed by atoms with van der Waals surface area (Å²) in [7, 11) is 1.33. The summed E-state index contributed by atoms with van der Waals surface area (Å²) in [6.07, 6.45) is 0.598. The smallest absolute Gasteiger partial charge is 0.337 e. The standard InChI is InChI=1S/C18H24N4O5/c1-11(12-3-5-13(6-4-12)15(23)26-2)19-16-20-17(24)22(18(25)21-16)14-7-9-27-10-8-14/h3-6,11,14,16,19H,7-10H2,1-2H3,(H,20,24)(H,21,25)/t11-/m0/s1. The third kappa shape index (κ3) is 4.37. The van der Waals surface area contributed by atoms with Crippen LogP contribution in [-0.2, 0) is 9.47 Å². The van der Waals surface area contributed by atoms with E-state index in [9.17, 15) is 14.4 Å². The molecular formula is C18H24N4O5. The zero-order valence-electron chi connectivity index (χ0n) is 15.4. The lowest BCUT2D eigenvalue weighted by Crippen LogP contribution is -2.70. The maximum atomic E-state index is 12.4. The Morgan fingerprint density at radius 1 is 1.19 bits per heavy atom. The Balaban J connectivity index is 1.59. The molecule has 3 rings (SSSR count). The fourth-order valence-electron chi connectivity index (χ4n) is 3.24. The summed E-state index contributed by atoms with van der Waals surface area (Å²) in [4.78, 5) is 37.5. The van der Waals surface area contributed by atoms with Gasteiger partial charge in [-0.1, -0.05) is 12.1 Å². The second-order valence-corrected chi connectivity index (χ2v) is 6.55. The normalized spacial score (nSPS) is 20.0. The molecule has 0 aliphatic carbocycles. The first-order valence-electron chi connectivity index (χ1n) is 8.92. The maximum absolute atomic E-state index is 12.4. The summed E-state index contributed by atoms with van der Waals surface area (Å²) in [5, 5.41) is 8.68. The summed E-state index contributed by atoms with van der Waals surface area (Å²) in [6.45, 7) is 2.99. The van der Waals surface area contributed by atoms with E-state index in [1.807, 2.05) is 6.92 Å². The molecule has 0 bridgehead atoms. The van der Waals surface area contributed by atoms with Crippen molar-refractivity contribution in [1.29, 1.82) is 0 Å². The zero-order chi connectivity index (χ0) is 19.4. The van der Waals surface area contributed by atoms with E-state index < -0.39 is 24.3 Å². The molecule has 0 saturated carbocycles. The lowest BCUT2D eigenvalue weighted by molar-refractivity contribution is 0.0491. The molecular weight excluding hydrogens is 352 g/mol. The highest BCUT2D eigenvalue weighted by Crippen LogP contribution is 2.18. The van der Waals surface area contributed by atoms with E-state index in [0.717, 1.165) is 5.56 Å². The minimum atomic E-state index is -0.684. The number of esters is 1. The number of methoxy groups -OCH3 is 1. The molecule has 2 aliphatic rings. The molecule has 0 unspecified atom stereocenters. The molecule has 1 aromatic rings. The van der Waals surface area contributed by atoms with Crippen molar-refractivity contribution in [3.8, 4) is 0 Å². The van der Waals surface area contributed by atoms with Gasteiger partial charge < -0.3 is 20.1 Å². The van der Waals surface area contributed by atoms with Crippen LogP contribution < -0.4 is 16.0 Å². The van der Waals surface area contributed by atoms with Gasteiger partial charge in [-0.15, -0.1) is 0 Å². The molecule has 2 fully saturated rings. The first-order valence-corrected chi connectivity index (χ1v) is 8.92. The number of carbonyl (C=O) groups excluding carboxylic acids is 3. The molecule has 2 aliphatic heterocycles. The first-order chi connectivity index (χ1) is 13.0. The van der Waals surface area contributed by atoms with Crippen LogP contribution in [0, 0.1) is 0 Å². The summed E-state index contributed by atoms with van der Waals surface area (Å²) in [5.41, 5.74) is 1.36. The summed E-state index contributed by atoms with van der Waals surface area (Å²) in [6, 6.07) is 5.77. The molecule has 9 nitrogen and oxygen atoms in total. The van der Waals surface area contributed by atoms with Crippen LogP contribution in [0.3, 0.4) is 0 Å². The molecule has 1 atom stereocenters. The zero-order valence-corrected chi connectivity index (χ0v) is 15.4. The van der Waals surface area contributed by atoms with Crippen LogP contribution in [0.4, 0.5) is 9.59 Å². The summed E-state index contributed by atoms with van der Waals surface area (Å²) in [5.74, 6) is -0.401. The molecule has 4 amide bonds. The van der Waals surface area contributed by atoms with Crippen molar-refractivity contribution < 1.29 is 23.9 Å². The topological polar surface area (TPSA) is 109 Å². The van der Waals surface area contributed by atoms with E-state index in [1.54, 1.807) is 24.3 Å². The second kappa shape index (κ2) is 8.36. The number of urea groups is 2. The molecule has 0 aromatic heterocycles. The third-order valence-electron chi connectivity index (χ3n) is 4.78. The largest absolute Gasteiger partial charge is 0.465 e. The van der Waals surface area contributed by atoms with Crippen LogP contribution >= 0.6 is 0 Å². The lowest BCUT2D eigenvalue weighted by atomic mass is 10.1. The van der Waals surface area contributed by atoms with Gasteiger partial charge in [-0.25, -0.2) is 19.3 Å². The van der Waals surface area contributed by atoms with Crippen molar-refractivity contribution >= 4 is 18.0 Å². The van der Waals surface area contributed by atoms with Gasteiger partial charge in [0.1, 0.15) is 0 Å². The van der Waals surface area contributed by atoms with E-state index in [1.165, 1.54) is 12.0 Å². The predicted octanol–water partition coefficient (Wildman–Crippen LogP) is 1.32. The molecule has 3 N–H and O–H groups in total. The highest BCUT2D eigenvalue weighted by molar-refractivity contribution is 5.96. The van der Waals surface area contributed by atoms with Gasteiger partial charge >= 0.3 is 18.0 Å². The highest BCUT2D eigenvalue weighted by Gasteiger charge is 2.37. The number of ether oxygens (including phenoxy) is 2. The van der Waals surface area contributed by atoms with E-state index in [0.29, 0.717) is 31.6 Å². The van der Waals surface area contributed by atoms with Crippen molar-refractivity contribution in [2.24, 2.45) is 0 Å². The molecule has 1 aromatic carbocycles. The van der Waals surface area contributed by atoms with Crippen LogP contribution in [0.1, 0.15) is 41.7 Å². The van der Waals surface area contributed by atoms with E-state index >= 15 is 0 Å². The van der Waals surface area contributed by atoms with Crippen molar-refractivity contribution in [2.45, 2.75) is 38.1 Å². The fraction of sp³-hybridized carbons (Fsp3) is 0.500. The number of nitrogens with one attached hydrogen (secondary N) is 3. The van der Waals surface area contributed by atoms with Gasteiger partial charge in [0.05, 0.1) is 12.7 Å². The molecule has 0 radical (unpaired) electrons. The monoisotopic (exact) mass is 376 g/mol. The number of benzene rings is 1. The number of amides is 4. The van der Waals surface area contributed by atoms with E-state index in [4.69, 9.17) is 4.74 Å². The molecule has 0 spiro atoms. The Hall–Kier alpha value is -2.65. The number of hydrogen-bond acceptors (Lipinski definition) is 6. The fourth-order valence-corrected chi connectivity index (χ4v) is 3.24. The maximum Gasteiger partial charge on any atom is 0.337 e. The Morgan fingerprint density at radius 2 is 1.78 bits per heavy atom.